The average molecular weight is 202 g/mol. The third-order valence-electron chi connectivity index (χ3n) is 2.35. The van der Waals surface area contributed by atoms with Crippen molar-refractivity contribution in [2.24, 2.45) is 0 Å². The minimum atomic E-state index is -0.402. The highest BCUT2D eigenvalue weighted by Crippen LogP contribution is 2.18. The highest BCUT2D eigenvalue weighted by molar-refractivity contribution is 6.68. The maximum atomic E-state index is 11.1. The third kappa shape index (κ3) is 1.42. The van der Waals surface area contributed by atoms with Crippen LogP contribution >= 0.6 is 11.6 Å². The van der Waals surface area contributed by atoms with Crippen LogP contribution in [0.5, 0.6) is 0 Å². The van der Waals surface area contributed by atoms with Crippen LogP contribution in [0.15, 0.2) is 36.4 Å². The summed E-state index contributed by atoms with van der Waals surface area (Å²) in [6.45, 7) is 0. The summed E-state index contributed by atoms with van der Waals surface area (Å²) >= 11 is 5.50. The van der Waals surface area contributed by atoms with Crippen LogP contribution in [0.1, 0.15) is 10.4 Å². The van der Waals surface area contributed by atoms with Gasteiger partial charge in [-0.05, 0) is 22.4 Å². The van der Waals surface area contributed by atoms with Crippen molar-refractivity contribution >= 4 is 40.9 Å². The lowest BCUT2D eigenvalue weighted by molar-refractivity contribution is 0.108. The number of fused-ring (bicyclic) bond motifs is 1. The van der Waals surface area contributed by atoms with Gasteiger partial charge in [0.2, 0.25) is 0 Å². The molecular weight excluding hydrogens is 194 g/mol. The van der Waals surface area contributed by atoms with E-state index in [4.69, 9.17) is 11.6 Å². The molecule has 0 aliphatic carbocycles. The number of carbonyl (C=O) groups excluding carboxylic acids is 1. The van der Waals surface area contributed by atoms with Gasteiger partial charge in [0, 0.05) is 5.56 Å². The van der Waals surface area contributed by atoms with Gasteiger partial charge in [-0.25, -0.2) is 0 Å². The van der Waals surface area contributed by atoms with E-state index in [1.807, 2.05) is 38.2 Å². The topological polar surface area (TPSA) is 17.1 Å². The Morgan fingerprint density at radius 2 is 1.71 bits per heavy atom. The zero-order valence-electron chi connectivity index (χ0n) is 7.75. The van der Waals surface area contributed by atoms with Crippen molar-refractivity contribution in [2.45, 2.75) is 0 Å². The van der Waals surface area contributed by atoms with Gasteiger partial charge in [-0.3, -0.25) is 4.79 Å². The molecule has 0 aliphatic rings. The van der Waals surface area contributed by atoms with Crippen molar-refractivity contribution in [3.8, 4) is 0 Å². The summed E-state index contributed by atoms with van der Waals surface area (Å²) in [5, 5.41) is 1.60. The maximum absolute atomic E-state index is 11.1. The summed E-state index contributed by atoms with van der Waals surface area (Å²) in [6.07, 6.45) is 0. The number of hydrogen-bond acceptors (Lipinski definition) is 1. The fraction of sp³-hybridized carbons (Fsp3) is 0. The molecule has 0 saturated carbocycles. The van der Waals surface area contributed by atoms with E-state index in [9.17, 15) is 4.79 Å². The van der Waals surface area contributed by atoms with Crippen molar-refractivity contribution in [3.05, 3.63) is 42.0 Å². The van der Waals surface area contributed by atoms with Gasteiger partial charge < -0.3 is 0 Å². The monoisotopic (exact) mass is 202 g/mol. The predicted molar refractivity (Wildman–Crippen MR) is 62.3 cm³/mol. The van der Waals surface area contributed by atoms with E-state index in [1.165, 1.54) is 0 Å². The second-order valence-corrected chi connectivity index (χ2v) is 3.59. The highest BCUT2D eigenvalue weighted by Gasteiger charge is 2.07. The molecule has 3 heteroatoms. The first kappa shape index (κ1) is 9.29. The molecule has 68 valence electrons. The van der Waals surface area contributed by atoms with E-state index >= 15 is 0 Å². The second-order valence-electron chi connectivity index (χ2n) is 3.25. The van der Waals surface area contributed by atoms with Crippen LogP contribution in [0.4, 0.5) is 0 Å². The van der Waals surface area contributed by atoms with E-state index in [0.29, 0.717) is 5.56 Å². The fourth-order valence-corrected chi connectivity index (χ4v) is 1.79. The molecular formula is C11H8BClO. The van der Waals surface area contributed by atoms with Crippen LogP contribution in [-0.2, 0) is 0 Å². The lowest BCUT2D eigenvalue weighted by atomic mass is 9.88. The molecule has 0 N–H and O–H groups in total. The van der Waals surface area contributed by atoms with Crippen LogP contribution in [0, 0.1) is 0 Å². The molecule has 0 radical (unpaired) electrons. The van der Waals surface area contributed by atoms with E-state index in [-0.39, 0.29) is 0 Å². The summed E-state index contributed by atoms with van der Waals surface area (Å²) in [4.78, 5) is 11.1. The lowest BCUT2D eigenvalue weighted by Crippen LogP contribution is -2.05. The standard InChI is InChI=1S/C11H8BClO/c12-10-6-5-9(11(13)14)7-3-1-2-4-8(7)10/h1-6H,12H2. The second kappa shape index (κ2) is 3.47. The number of carbonyl (C=O) groups is 1. The van der Waals surface area contributed by atoms with Crippen LogP contribution in [0.3, 0.4) is 0 Å². The third-order valence-corrected chi connectivity index (χ3v) is 2.56. The van der Waals surface area contributed by atoms with Gasteiger partial charge in [-0.2, -0.15) is 0 Å². The summed E-state index contributed by atoms with van der Waals surface area (Å²) in [7, 11) is 2.02. The molecule has 0 unspecified atom stereocenters. The van der Waals surface area contributed by atoms with Crippen LogP contribution < -0.4 is 5.46 Å². The van der Waals surface area contributed by atoms with Crippen molar-refractivity contribution < 1.29 is 4.79 Å². The zero-order chi connectivity index (χ0) is 10.1. The number of benzene rings is 2. The molecule has 1 nitrogen and oxygen atoms in total. The molecule has 0 fully saturated rings. The predicted octanol–water partition coefficient (Wildman–Crippen LogP) is 1.48. The largest absolute Gasteiger partial charge is 0.276 e. The molecule has 14 heavy (non-hydrogen) atoms. The van der Waals surface area contributed by atoms with Gasteiger partial charge in [0.05, 0.1) is 0 Å². The molecule has 0 saturated heterocycles. The smallest absolute Gasteiger partial charge is 0.253 e. The molecule has 0 aromatic heterocycles. The number of rotatable bonds is 1. The Morgan fingerprint density at radius 3 is 2.36 bits per heavy atom. The van der Waals surface area contributed by atoms with E-state index in [2.05, 4.69) is 0 Å². The summed E-state index contributed by atoms with van der Waals surface area (Å²) in [6, 6.07) is 11.5. The first-order chi connectivity index (χ1) is 6.70. The Morgan fingerprint density at radius 1 is 1.07 bits per heavy atom. The van der Waals surface area contributed by atoms with E-state index in [0.717, 1.165) is 16.2 Å². The van der Waals surface area contributed by atoms with Gasteiger partial charge >= 0.3 is 0 Å². The van der Waals surface area contributed by atoms with Crippen molar-refractivity contribution in [2.75, 3.05) is 0 Å². The zero-order valence-corrected chi connectivity index (χ0v) is 8.51. The minimum absolute atomic E-state index is 0.402. The van der Waals surface area contributed by atoms with E-state index in [1.54, 1.807) is 6.07 Å². The average Bonchev–Trinajstić information content (AvgIpc) is 2.18. The Hall–Kier alpha value is -1.28. The molecule has 0 spiro atoms. The van der Waals surface area contributed by atoms with Crippen LogP contribution in [0.2, 0.25) is 0 Å². The molecule has 0 bridgehead atoms. The summed E-state index contributed by atoms with van der Waals surface area (Å²) in [5.41, 5.74) is 1.73. The number of halogens is 1. The first-order valence-corrected chi connectivity index (χ1v) is 4.76. The quantitative estimate of drug-likeness (QED) is 0.506. The molecule has 2 aromatic carbocycles. The lowest BCUT2D eigenvalue weighted by Gasteiger charge is -2.04. The number of hydrogen-bond donors (Lipinski definition) is 0. The summed E-state index contributed by atoms with van der Waals surface area (Å²) in [5.74, 6) is 0. The Labute approximate surface area is 88.1 Å². The summed E-state index contributed by atoms with van der Waals surface area (Å²) < 4.78 is 0. The van der Waals surface area contributed by atoms with Crippen molar-refractivity contribution in [1.82, 2.24) is 0 Å². The van der Waals surface area contributed by atoms with E-state index < -0.39 is 5.24 Å². The van der Waals surface area contributed by atoms with Gasteiger partial charge in [0.1, 0.15) is 7.85 Å². The molecule has 0 heterocycles. The van der Waals surface area contributed by atoms with Gasteiger partial charge in [-0.15, -0.1) is 0 Å². The maximum Gasteiger partial charge on any atom is 0.253 e. The molecule has 0 amide bonds. The van der Waals surface area contributed by atoms with Crippen molar-refractivity contribution in [3.63, 3.8) is 0 Å². The highest BCUT2D eigenvalue weighted by atomic mass is 35.5. The molecule has 2 rings (SSSR count). The van der Waals surface area contributed by atoms with Gasteiger partial charge in [-0.1, -0.05) is 41.9 Å². The normalized spacial score (nSPS) is 10.4. The van der Waals surface area contributed by atoms with Gasteiger partial charge in [0.15, 0.2) is 0 Å². The first-order valence-electron chi connectivity index (χ1n) is 4.38. The van der Waals surface area contributed by atoms with Gasteiger partial charge in [0.25, 0.3) is 5.24 Å². The van der Waals surface area contributed by atoms with Crippen LogP contribution in [0.25, 0.3) is 10.8 Å². The molecule has 2 aromatic rings. The SMILES string of the molecule is Bc1ccc(C(=O)Cl)c2ccccc12. The molecule has 0 aliphatic heterocycles. The van der Waals surface area contributed by atoms with Crippen LogP contribution in [-0.4, -0.2) is 13.1 Å². The Kier molecular flexibility index (Phi) is 2.30. The molecule has 0 atom stereocenters. The van der Waals surface area contributed by atoms with Crippen molar-refractivity contribution in [1.29, 1.82) is 0 Å². The minimum Gasteiger partial charge on any atom is -0.276 e. The Bertz CT molecular complexity index is 508. The Balaban J connectivity index is 2.88. The fourth-order valence-electron chi connectivity index (χ4n) is 1.62.